The summed E-state index contributed by atoms with van der Waals surface area (Å²) >= 11 is 9.26. The highest BCUT2D eigenvalue weighted by atomic mass is 79.9. The van der Waals surface area contributed by atoms with Crippen molar-refractivity contribution in [2.24, 2.45) is 5.73 Å². The van der Waals surface area contributed by atoms with Gasteiger partial charge in [0, 0.05) is 16.6 Å². The first kappa shape index (κ1) is 13.3. The van der Waals surface area contributed by atoms with Gasteiger partial charge < -0.3 is 10.5 Å². The molecule has 0 atom stereocenters. The standard InChI is InChI=1S/C13H10BrClFNO/c14-9-1-3-12(8(5-9)7-17)18-13-4-2-10(16)6-11(13)15/h1-6H,7,17H2. The molecule has 0 aliphatic rings. The van der Waals surface area contributed by atoms with Gasteiger partial charge in [0.15, 0.2) is 0 Å². The molecule has 2 nitrogen and oxygen atoms in total. The van der Waals surface area contributed by atoms with Crippen LogP contribution in [0.4, 0.5) is 4.39 Å². The van der Waals surface area contributed by atoms with E-state index in [9.17, 15) is 4.39 Å². The van der Waals surface area contributed by atoms with Crippen LogP contribution < -0.4 is 10.5 Å². The van der Waals surface area contributed by atoms with Crippen LogP contribution in [0.3, 0.4) is 0 Å². The molecule has 5 heteroatoms. The van der Waals surface area contributed by atoms with Gasteiger partial charge >= 0.3 is 0 Å². The van der Waals surface area contributed by atoms with Crippen LogP contribution in [-0.4, -0.2) is 0 Å². The van der Waals surface area contributed by atoms with Crippen LogP contribution in [0.1, 0.15) is 5.56 Å². The fourth-order valence-electron chi connectivity index (χ4n) is 1.48. The molecule has 0 aliphatic carbocycles. The minimum atomic E-state index is -0.401. The molecule has 0 heterocycles. The monoisotopic (exact) mass is 329 g/mol. The summed E-state index contributed by atoms with van der Waals surface area (Å²) in [5.74, 6) is 0.603. The Kier molecular flexibility index (Phi) is 4.22. The highest BCUT2D eigenvalue weighted by Gasteiger charge is 2.08. The lowest BCUT2D eigenvalue weighted by Crippen LogP contribution is -1.99. The molecule has 0 amide bonds. The lowest BCUT2D eigenvalue weighted by Gasteiger charge is -2.11. The highest BCUT2D eigenvalue weighted by molar-refractivity contribution is 9.10. The van der Waals surface area contributed by atoms with E-state index in [4.69, 9.17) is 22.1 Å². The number of benzene rings is 2. The van der Waals surface area contributed by atoms with E-state index in [1.807, 2.05) is 12.1 Å². The summed E-state index contributed by atoms with van der Waals surface area (Å²) in [5, 5.41) is 0.223. The highest BCUT2D eigenvalue weighted by Crippen LogP contribution is 2.32. The van der Waals surface area contributed by atoms with Gasteiger partial charge in [0.05, 0.1) is 5.02 Å². The van der Waals surface area contributed by atoms with Gasteiger partial charge in [-0.15, -0.1) is 0 Å². The van der Waals surface area contributed by atoms with Gasteiger partial charge in [-0.05, 0) is 36.4 Å². The van der Waals surface area contributed by atoms with E-state index in [-0.39, 0.29) is 5.02 Å². The number of halogens is 3. The Morgan fingerprint density at radius 1 is 1.17 bits per heavy atom. The Morgan fingerprint density at radius 3 is 2.56 bits per heavy atom. The van der Waals surface area contributed by atoms with E-state index in [2.05, 4.69) is 15.9 Å². The minimum absolute atomic E-state index is 0.223. The Morgan fingerprint density at radius 2 is 1.89 bits per heavy atom. The molecule has 2 N–H and O–H groups in total. The molecule has 0 radical (unpaired) electrons. The molecular formula is C13H10BrClFNO. The van der Waals surface area contributed by atoms with E-state index in [1.165, 1.54) is 18.2 Å². The van der Waals surface area contributed by atoms with E-state index in [0.717, 1.165) is 10.0 Å². The van der Waals surface area contributed by atoms with Gasteiger partial charge in [-0.25, -0.2) is 4.39 Å². The summed E-state index contributed by atoms with van der Waals surface area (Å²) in [6.07, 6.45) is 0. The summed E-state index contributed by atoms with van der Waals surface area (Å²) in [6, 6.07) is 9.48. The Hall–Kier alpha value is -1.10. The molecular weight excluding hydrogens is 321 g/mol. The zero-order valence-corrected chi connectivity index (χ0v) is 11.6. The molecule has 0 unspecified atom stereocenters. The topological polar surface area (TPSA) is 35.2 Å². The summed E-state index contributed by atoms with van der Waals surface area (Å²) in [7, 11) is 0. The Labute approximate surface area is 118 Å². The van der Waals surface area contributed by atoms with Crippen LogP contribution >= 0.6 is 27.5 Å². The summed E-state index contributed by atoms with van der Waals surface area (Å²) < 4.78 is 19.5. The number of ether oxygens (including phenoxy) is 1. The van der Waals surface area contributed by atoms with E-state index in [0.29, 0.717) is 18.0 Å². The van der Waals surface area contributed by atoms with Crippen LogP contribution in [0.15, 0.2) is 40.9 Å². The van der Waals surface area contributed by atoms with Crippen LogP contribution in [0.2, 0.25) is 5.02 Å². The van der Waals surface area contributed by atoms with Crippen molar-refractivity contribution in [2.45, 2.75) is 6.54 Å². The zero-order chi connectivity index (χ0) is 13.1. The maximum atomic E-state index is 12.9. The maximum Gasteiger partial charge on any atom is 0.146 e. The van der Waals surface area contributed by atoms with Gasteiger partial charge in [-0.3, -0.25) is 0 Å². The third kappa shape index (κ3) is 3.02. The van der Waals surface area contributed by atoms with Gasteiger partial charge in [0.2, 0.25) is 0 Å². The maximum absolute atomic E-state index is 12.9. The van der Waals surface area contributed by atoms with Crippen molar-refractivity contribution >= 4 is 27.5 Å². The quantitative estimate of drug-likeness (QED) is 0.899. The molecule has 0 aliphatic heterocycles. The van der Waals surface area contributed by atoms with Gasteiger partial charge in [-0.1, -0.05) is 27.5 Å². The molecule has 2 aromatic carbocycles. The average molecular weight is 331 g/mol. The van der Waals surface area contributed by atoms with Crippen LogP contribution in [0, 0.1) is 5.82 Å². The first-order valence-electron chi connectivity index (χ1n) is 5.21. The largest absolute Gasteiger partial charge is 0.455 e. The number of hydrogen-bond donors (Lipinski definition) is 1. The molecule has 0 saturated heterocycles. The molecule has 18 heavy (non-hydrogen) atoms. The van der Waals surface area contributed by atoms with E-state index >= 15 is 0 Å². The van der Waals surface area contributed by atoms with Crippen LogP contribution in [0.5, 0.6) is 11.5 Å². The van der Waals surface area contributed by atoms with Crippen molar-refractivity contribution in [1.29, 1.82) is 0 Å². The summed E-state index contributed by atoms with van der Waals surface area (Å²) in [6.45, 7) is 0.341. The second kappa shape index (κ2) is 5.69. The van der Waals surface area contributed by atoms with Crippen molar-refractivity contribution in [2.75, 3.05) is 0 Å². The van der Waals surface area contributed by atoms with Crippen molar-refractivity contribution < 1.29 is 9.13 Å². The van der Waals surface area contributed by atoms with E-state index < -0.39 is 5.82 Å². The molecule has 2 aromatic rings. The predicted molar refractivity (Wildman–Crippen MR) is 73.5 cm³/mol. The lowest BCUT2D eigenvalue weighted by molar-refractivity contribution is 0.474. The predicted octanol–water partition coefficient (Wildman–Crippen LogP) is 4.49. The second-order valence-electron chi connectivity index (χ2n) is 3.63. The molecule has 0 bridgehead atoms. The van der Waals surface area contributed by atoms with Gasteiger partial charge in [0.25, 0.3) is 0 Å². The summed E-state index contributed by atoms with van der Waals surface area (Å²) in [4.78, 5) is 0. The molecule has 2 rings (SSSR count). The van der Waals surface area contributed by atoms with Crippen LogP contribution in [0.25, 0.3) is 0 Å². The minimum Gasteiger partial charge on any atom is -0.455 e. The first-order valence-corrected chi connectivity index (χ1v) is 6.38. The smallest absolute Gasteiger partial charge is 0.146 e. The van der Waals surface area contributed by atoms with Gasteiger partial charge in [-0.2, -0.15) is 0 Å². The fourth-order valence-corrected chi connectivity index (χ4v) is 2.10. The Bertz CT molecular complexity index is 577. The van der Waals surface area contributed by atoms with Crippen molar-refractivity contribution in [3.05, 3.63) is 57.3 Å². The van der Waals surface area contributed by atoms with Crippen molar-refractivity contribution in [3.8, 4) is 11.5 Å². The summed E-state index contributed by atoms with van der Waals surface area (Å²) in [5.41, 5.74) is 6.48. The van der Waals surface area contributed by atoms with E-state index in [1.54, 1.807) is 6.07 Å². The molecule has 0 saturated carbocycles. The third-order valence-corrected chi connectivity index (χ3v) is 3.14. The van der Waals surface area contributed by atoms with Crippen LogP contribution in [-0.2, 0) is 6.54 Å². The van der Waals surface area contributed by atoms with Gasteiger partial charge in [0.1, 0.15) is 17.3 Å². The fraction of sp³-hybridized carbons (Fsp3) is 0.0769. The normalized spacial score (nSPS) is 10.4. The lowest BCUT2D eigenvalue weighted by atomic mass is 10.2. The SMILES string of the molecule is NCc1cc(Br)ccc1Oc1ccc(F)cc1Cl. The number of rotatable bonds is 3. The van der Waals surface area contributed by atoms with Crippen molar-refractivity contribution in [3.63, 3.8) is 0 Å². The number of hydrogen-bond acceptors (Lipinski definition) is 2. The first-order chi connectivity index (χ1) is 8.60. The Balaban J connectivity index is 2.33. The molecule has 0 spiro atoms. The number of nitrogens with two attached hydrogens (primary N) is 1. The molecule has 0 fully saturated rings. The average Bonchev–Trinajstić information content (AvgIpc) is 2.34. The third-order valence-electron chi connectivity index (χ3n) is 2.36. The van der Waals surface area contributed by atoms with Crippen molar-refractivity contribution in [1.82, 2.24) is 0 Å². The molecule has 0 aromatic heterocycles. The molecule has 94 valence electrons. The zero-order valence-electron chi connectivity index (χ0n) is 9.29. The second-order valence-corrected chi connectivity index (χ2v) is 4.96.